The Kier molecular flexibility index (Phi) is 6.87. The molecule has 1 aliphatic rings. The molecule has 0 unspecified atom stereocenters. The molecule has 156 valence electrons. The summed E-state index contributed by atoms with van der Waals surface area (Å²) in [6, 6.07) is 11.8. The fraction of sp³-hybridized carbons (Fsp3) is 0.350. The first kappa shape index (κ1) is 21.3. The molecule has 0 spiro atoms. The minimum atomic E-state index is -3.41. The average Bonchev–Trinajstić information content (AvgIpc) is 2.72. The Balaban J connectivity index is 1.59. The second kappa shape index (κ2) is 9.37. The van der Waals surface area contributed by atoms with E-state index >= 15 is 0 Å². The Morgan fingerprint density at radius 3 is 2.55 bits per heavy atom. The molecule has 0 aromatic heterocycles. The summed E-state index contributed by atoms with van der Waals surface area (Å²) in [7, 11) is -1.82. The number of nitrogens with one attached hydrogen (secondary N) is 1. The van der Waals surface area contributed by atoms with Gasteiger partial charge in [0.05, 0.1) is 30.1 Å². The van der Waals surface area contributed by atoms with Crippen molar-refractivity contribution in [3.8, 4) is 11.5 Å². The van der Waals surface area contributed by atoms with Gasteiger partial charge in [-0.1, -0.05) is 11.6 Å². The van der Waals surface area contributed by atoms with Crippen LogP contribution in [-0.4, -0.2) is 46.9 Å². The Hall–Kier alpha value is -2.45. The van der Waals surface area contributed by atoms with Crippen molar-refractivity contribution < 1.29 is 22.7 Å². The molecular formula is C20H23ClN2O5S. The number of methoxy groups -OCH3 is 1. The molecule has 1 fully saturated rings. The van der Waals surface area contributed by atoms with Crippen LogP contribution in [-0.2, 0) is 10.0 Å². The average molecular weight is 439 g/mol. The van der Waals surface area contributed by atoms with Crippen LogP contribution in [0.4, 0.5) is 5.69 Å². The monoisotopic (exact) mass is 438 g/mol. The van der Waals surface area contributed by atoms with E-state index in [4.69, 9.17) is 21.1 Å². The zero-order chi connectivity index (χ0) is 20.9. The summed E-state index contributed by atoms with van der Waals surface area (Å²) in [5.41, 5.74) is 0.683. The molecule has 0 atom stereocenters. The summed E-state index contributed by atoms with van der Waals surface area (Å²) in [6.07, 6.45) is 1.39. The first-order chi connectivity index (χ1) is 13.9. The molecule has 0 radical (unpaired) electrons. The number of carbonyl (C=O) groups excluding carboxylic acids is 1. The molecule has 1 amide bonds. The molecule has 1 N–H and O–H groups in total. The number of hydrogen-bond acceptors (Lipinski definition) is 5. The largest absolute Gasteiger partial charge is 0.497 e. The van der Waals surface area contributed by atoms with Gasteiger partial charge in [-0.25, -0.2) is 8.42 Å². The second-order valence-electron chi connectivity index (χ2n) is 6.54. The molecule has 2 aromatic rings. The summed E-state index contributed by atoms with van der Waals surface area (Å²) in [6.45, 7) is 0.951. The van der Waals surface area contributed by atoms with Gasteiger partial charge in [-0.2, -0.15) is 0 Å². The van der Waals surface area contributed by atoms with E-state index in [1.807, 2.05) is 0 Å². The van der Waals surface area contributed by atoms with Crippen molar-refractivity contribution in [2.24, 2.45) is 0 Å². The molecule has 3 rings (SSSR count). The maximum atomic E-state index is 12.5. The van der Waals surface area contributed by atoms with Crippen molar-refractivity contribution in [1.29, 1.82) is 0 Å². The molecule has 1 aliphatic heterocycles. The van der Waals surface area contributed by atoms with E-state index in [2.05, 4.69) is 5.32 Å². The molecule has 0 aliphatic carbocycles. The molecule has 0 saturated carbocycles. The van der Waals surface area contributed by atoms with E-state index in [9.17, 15) is 13.2 Å². The Labute approximate surface area is 175 Å². The van der Waals surface area contributed by atoms with Crippen LogP contribution >= 0.6 is 11.6 Å². The third-order valence-electron chi connectivity index (χ3n) is 4.54. The predicted octanol–water partition coefficient (Wildman–Crippen LogP) is 3.09. The van der Waals surface area contributed by atoms with Crippen LogP contribution in [0.3, 0.4) is 0 Å². The minimum Gasteiger partial charge on any atom is -0.497 e. The van der Waals surface area contributed by atoms with Gasteiger partial charge in [-0.3, -0.25) is 9.10 Å². The van der Waals surface area contributed by atoms with Crippen LogP contribution < -0.4 is 19.1 Å². The summed E-state index contributed by atoms with van der Waals surface area (Å²) >= 11 is 6.21. The van der Waals surface area contributed by atoms with Crippen molar-refractivity contribution >= 4 is 33.2 Å². The molecule has 1 heterocycles. The number of amides is 1. The number of anilines is 1. The fourth-order valence-corrected chi connectivity index (χ4v) is 4.93. The zero-order valence-electron chi connectivity index (χ0n) is 16.1. The molecule has 29 heavy (non-hydrogen) atoms. The van der Waals surface area contributed by atoms with Gasteiger partial charge in [0.2, 0.25) is 10.0 Å². The van der Waals surface area contributed by atoms with Crippen LogP contribution in [0.2, 0.25) is 5.02 Å². The Morgan fingerprint density at radius 2 is 1.86 bits per heavy atom. The fourth-order valence-electron chi connectivity index (χ4n) is 3.01. The number of nitrogens with zero attached hydrogens (tertiary/aromatic N) is 1. The van der Waals surface area contributed by atoms with E-state index in [1.165, 1.54) is 10.4 Å². The Bertz CT molecular complexity index is 963. The maximum Gasteiger partial charge on any atom is 0.251 e. The van der Waals surface area contributed by atoms with Gasteiger partial charge in [0.1, 0.15) is 18.1 Å². The van der Waals surface area contributed by atoms with Crippen LogP contribution in [0.15, 0.2) is 42.5 Å². The van der Waals surface area contributed by atoms with Gasteiger partial charge >= 0.3 is 0 Å². The smallest absolute Gasteiger partial charge is 0.251 e. The van der Waals surface area contributed by atoms with Gasteiger partial charge in [0.15, 0.2) is 0 Å². The summed E-state index contributed by atoms with van der Waals surface area (Å²) in [4.78, 5) is 12.5. The van der Waals surface area contributed by atoms with E-state index in [1.54, 1.807) is 43.5 Å². The van der Waals surface area contributed by atoms with Crippen LogP contribution in [0.5, 0.6) is 11.5 Å². The number of benzene rings is 2. The quantitative estimate of drug-likeness (QED) is 0.671. The number of sulfonamides is 1. The highest BCUT2D eigenvalue weighted by atomic mass is 35.5. The lowest BCUT2D eigenvalue weighted by Gasteiger charge is -2.29. The van der Waals surface area contributed by atoms with E-state index < -0.39 is 10.0 Å². The van der Waals surface area contributed by atoms with Crippen molar-refractivity contribution in [1.82, 2.24) is 5.32 Å². The Morgan fingerprint density at radius 1 is 1.14 bits per heavy atom. The molecule has 0 bridgehead atoms. The third-order valence-corrected chi connectivity index (χ3v) is 6.72. The molecule has 7 nitrogen and oxygen atoms in total. The normalized spacial score (nSPS) is 15.6. The highest BCUT2D eigenvalue weighted by Gasteiger charge is 2.28. The summed E-state index contributed by atoms with van der Waals surface area (Å²) in [5, 5.41) is 3.06. The molecule has 2 aromatic carbocycles. The SMILES string of the molecule is COc1ccc(OCCNC(=O)c2ccc(Cl)c(N3CCCCS3(=O)=O)c2)cc1. The van der Waals surface area contributed by atoms with Crippen LogP contribution in [0.25, 0.3) is 0 Å². The number of carbonyl (C=O) groups is 1. The first-order valence-corrected chi connectivity index (χ1v) is 11.2. The van der Waals surface area contributed by atoms with Gasteiger partial charge in [-0.05, 0) is 55.3 Å². The highest BCUT2D eigenvalue weighted by Crippen LogP contribution is 2.31. The zero-order valence-corrected chi connectivity index (χ0v) is 17.6. The third kappa shape index (κ3) is 5.33. The minimum absolute atomic E-state index is 0.0858. The topological polar surface area (TPSA) is 84.9 Å². The number of halogens is 1. The number of ether oxygens (including phenoxy) is 2. The van der Waals surface area contributed by atoms with Crippen LogP contribution in [0, 0.1) is 0 Å². The second-order valence-corrected chi connectivity index (χ2v) is 8.96. The van der Waals surface area contributed by atoms with Crippen molar-refractivity contribution in [2.45, 2.75) is 12.8 Å². The maximum absolute atomic E-state index is 12.5. The standard InChI is InChI=1S/C20H23ClN2O5S/c1-27-16-5-7-17(8-6-16)28-12-10-22-20(24)15-4-9-18(21)19(14-15)23-11-2-3-13-29(23,25)26/h4-9,14H,2-3,10-13H2,1H3,(H,22,24). The molecular weight excluding hydrogens is 416 g/mol. The lowest BCUT2D eigenvalue weighted by atomic mass is 10.2. The highest BCUT2D eigenvalue weighted by molar-refractivity contribution is 7.92. The van der Waals surface area contributed by atoms with E-state index in [-0.39, 0.29) is 11.7 Å². The lowest BCUT2D eigenvalue weighted by molar-refractivity contribution is 0.0947. The van der Waals surface area contributed by atoms with Gasteiger partial charge in [0.25, 0.3) is 5.91 Å². The van der Waals surface area contributed by atoms with Crippen molar-refractivity contribution in [3.63, 3.8) is 0 Å². The van der Waals surface area contributed by atoms with Gasteiger partial charge in [0, 0.05) is 12.1 Å². The van der Waals surface area contributed by atoms with Crippen LogP contribution in [0.1, 0.15) is 23.2 Å². The molecule has 1 saturated heterocycles. The summed E-state index contributed by atoms with van der Waals surface area (Å²) in [5.74, 6) is 1.17. The van der Waals surface area contributed by atoms with Crippen molar-refractivity contribution in [2.75, 3.05) is 36.9 Å². The van der Waals surface area contributed by atoms with E-state index in [0.717, 1.165) is 12.2 Å². The predicted molar refractivity (Wildman–Crippen MR) is 113 cm³/mol. The van der Waals surface area contributed by atoms with Gasteiger partial charge < -0.3 is 14.8 Å². The first-order valence-electron chi connectivity index (χ1n) is 9.26. The van der Waals surface area contributed by atoms with Gasteiger partial charge in [-0.15, -0.1) is 0 Å². The lowest BCUT2D eigenvalue weighted by Crippen LogP contribution is -2.38. The van der Waals surface area contributed by atoms with E-state index in [0.29, 0.717) is 48.1 Å². The number of rotatable bonds is 7. The number of hydrogen-bond donors (Lipinski definition) is 1. The van der Waals surface area contributed by atoms with Crippen molar-refractivity contribution in [3.05, 3.63) is 53.1 Å². The molecule has 9 heteroatoms. The summed E-state index contributed by atoms with van der Waals surface area (Å²) < 4.78 is 36.6.